The number of amides is 3. The van der Waals surface area contributed by atoms with Gasteiger partial charge in [0.25, 0.3) is 0 Å². The molecule has 0 radical (unpaired) electrons. The van der Waals surface area contributed by atoms with E-state index in [-0.39, 0.29) is 29.7 Å². The zero-order valence-electron chi connectivity index (χ0n) is 26.9. The molecule has 8 nitrogen and oxygen atoms in total. The first-order valence-corrected chi connectivity index (χ1v) is 16.2. The highest BCUT2D eigenvalue weighted by Gasteiger charge is 2.36. The van der Waals surface area contributed by atoms with Crippen molar-refractivity contribution >= 4 is 28.5 Å². The van der Waals surface area contributed by atoms with Crippen LogP contribution in [0.5, 0.6) is 0 Å². The van der Waals surface area contributed by atoms with Gasteiger partial charge in [0, 0.05) is 13.0 Å². The number of aliphatic hydroxyl groups excluding tert-OH is 2. The molecule has 8 heteroatoms. The summed E-state index contributed by atoms with van der Waals surface area (Å²) in [4.78, 5) is 41.7. The standard InChI is InChI=1S/C35H53N3O5/c1-7-23(4)32(37-34(42)24(5)38(25(6)39)29-15-9-8-10-16-29)35(43)36-30(33(41)31(40)19-22(2)3)21-26-17-18-27-13-11-12-14-28(27)20-26/h11-14,17-18,20,22-24,29-33,40-41H,7-10,15-16,19,21H2,1-6H3,(H,36,43)(H,37,42)/t23-,24-,30-,31-,32-,33+/m0/s1. The Morgan fingerprint density at radius 2 is 1.56 bits per heavy atom. The lowest BCUT2D eigenvalue weighted by Crippen LogP contribution is -2.60. The van der Waals surface area contributed by atoms with Gasteiger partial charge in [-0.3, -0.25) is 14.4 Å². The average molecular weight is 596 g/mol. The number of aliphatic hydroxyl groups is 2. The predicted molar refractivity (Wildman–Crippen MR) is 171 cm³/mol. The molecule has 238 valence electrons. The molecule has 2 aromatic carbocycles. The largest absolute Gasteiger partial charge is 0.390 e. The first-order valence-electron chi connectivity index (χ1n) is 16.2. The van der Waals surface area contributed by atoms with Gasteiger partial charge in [-0.25, -0.2) is 0 Å². The molecular weight excluding hydrogens is 542 g/mol. The molecule has 0 heterocycles. The third-order valence-corrected chi connectivity index (χ3v) is 9.04. The lowest BCUT2D eigenvalue weighted by molar-refractivity contribution is -0.143. The molecule has 1 saturated carbocycles. The maximum Gasteiger partial charge on any atom is 0.243 e. The molecule has 3 rings (SSSR count). The third-order valence-electron chi connectivity index (χ3n) is 9.04. The van der Waals surface area contributed by atoms with Crippen LogP contribution in [-0.4, -0.2) is 69.2 Å². The van der Waals surface area contributed by atoms with Gasteiger partial charge in [-0.1, -0.05) is 95.8 Å². The van der Waals surface area contributed by atoms with Gasteiger partial charge >= 0.3 is 0 Å². The average Bonchev–Trinajstić information content (AvgIpc) is 2.98. The first kappa shape index (κ1) is 34.5. The van der Waals surface area contributed by atoms with Crippen LogP contribution in [0.2, 0.25) is 0 Å². The molecule has 3 amide bonds. The molecule has 6 atom stereocenters. The lowest BCUT2D eigenvalue weighted by Gasteiger charge is -2.38. The highest BCUT2D eigenvalue weighted by Crippen LogP contribution is 2.25. The molecule has 0 unspecified atom stereocenters. The number of carbonyl (C=O) groups is 3. The summed E-state index contributed by atoms with van der Waals surface area (Å²) in [6, 6.07) is 11.7. The van der Waals surface area contributed by atoms with Crippen molar-refractivity contribution in [2.24, 2.45) is 11.8 Å². The van der Waals surface area contributed by atoms with Gasteiger partial charge in [0.05, 0.1) is 12.1 Å². The molecule has 0 aliphatic heterocycles. The van der Waals surface area contributed by atoms with Gasteiger partial charge in [-0.15, -0.1) is 0 Å². The minimum Gasteiger partial charge on any atom is -0.390 e. The van der Waals surface area contributed by atoms with Gasteiger partial charge in [0.1, 0.15) is 18.2 Å². The van der Waals surface area contributed by atoms with Crippen LogP contribution in [0.25, 0.3) is 10.8 Å². The molecule has 1 fully saturated rings. The summed E-state index contributed by atoms with van der Waals surface area (Å²) in [5.74, 6) is -0.965. The Bertz CT molecular complexity index is 1210. The summed E-state index contributed by atoms with van der Waals surface area (Å²) in [6.45, 7) is 11.0. The Balaban J connectivity index is 1.83. The molecular formula is C35H53N3O5. The van der Waals surface area contributed by atoms with E-state index >= 15 is 0 Å². The van der Waals surface area contributed by atoms with E-state index in [1.165, 1.54) is 6.92 Å². The van der Waals surface area contributed by atoms with E-state index in [1.807, 2.05) is 70.2 Å². The summed E-state index contributed by atoms with van der Waals surface area (Å²) in [7, 11) is 0. The lowest BCUT2D eigenvalue weighted by atomic mass is 9.91. The molecule has 0 bridgehead atoms. The van der Waals surface area contributed by atoms with E-state index in [1.54, 1.807) is 11.8 Å². The highest BCUT2D eigenvalue weighted by atomic mass is 16.3. The molecule has 0 saturated heterocycles. The Morgan fingerprint density at radius 1 is 0.907 bits per heavy atom. The molecule has 0 aromatic heterocycles. The minimum absolute atomic E-state index is 0.0202. The third kappa shape index (κ3) is 9.51. The number of benzene rings is 2. The van der Waals surface area contributed by atoms with Crippen LogP contribution in [0.4, 0.5) is 0 Å². The molecule has 4 N–H and O–H groups in total. The Hall–Kier alpha value is -2.97. The van der Waals surface area contributed by atoms with Gasteiger partial charge < -0.3 is 25.7 Å². The Labute approximate surface area is 257 Å². The van der Waals surface area contributed by atoms with Crippen molar-refractivity contribution in [3.8, 4) is 0 Å². The van der Waals surface area contributed by atoms with Crippen LogP contribution in [0.15, 0.2) is 42.5 Å². The van der Waals surface area contributed by atoms with Crippen molar-refractivity contribution in [1.29, 1.82) is 0 Å². The van der Waals surface area contributed by atoms with Gasteiger partial charge in [0.2, 0.25) is 17.7 Å². The smallest absolute Gasteiger partial charge is 0.243 e. The van der Waals surface area contributed by atoms with Crippen molar-refractivity contribution in [1.82, 2.24) is 15.5 Å². The summed E-state index contributed by atoms with van der Waals surface area (Å²) in [5.41, 5.74) is 0.919. The predicted octanol–water partition coefficient (Wildman–Crippen LogP) is 4.74. The van der Waals surface area contributed by atoms with Crippen molar-refractivity contribution in [3.05, 3.63) is 48.0 Å². The Morgan fingerprint density at radius 3 is 2.16 bits per heavy atom. The monoisotopic (exact) mass is 595 g/mol. The van der Waals surface area contributed by atoms with Crippen LogP contribution >= 0.6 is 0 Å². The second kappa shape index (κ2) is 16.2. The van der Waals surface area contributed by atoms with Crippen LogP contribution in [-0.2, 0) is 20.8 Å². The zero-order chi connectivity index (χ0) is 31.7. The zero-order valence-corrected chi connectivity index (χ0v) is 26.9. The topological polar surface area (TPSA) is 119 Å². The van der Waals surface area contributed by atoms with Crippen molar-refractivity contribution in [2.75, 3.05) is 0 Å². The minimum atomic E-state index is -1.20. The number of rotatable bonds is 14. The second-order valence-corrected chi connectivity index (χ2v) is 13.0. The normalized spacial score (nSPS) is 18.3. The number of hydrogen-bond donors (Lipinski definition) is 4. The first-order chi connectivity index (χ1) is 20.4. The molecule has 0 spiro atoms. The Kier molecular flexibility index (Phi) is 13.0. The van der Waals surface area contributed by atoms with Crippen LogP contribution in [0.1, 0.15) is 92.1 Å². The summed E-state index contributed by atoms with van der Waals surface area (Å²) in [6.07, 6.45) is 4.05. The molecule has 2 aromatic rings. The van der Waals surface area contributed by atoms with E-state index < -0.39 is 36.2 Å². The SMILES string of the molecule is CC[C@H](C)[C@H](NC(=O)[C@H](C)N(C(C)=O)C1CCCCC1)C(=O)N[C@@H](Cc1ccc2ccccc2c1)[C@@H](O)[C@@H](O)CC(C)C. The fraction of sp³-hybridized carbons (Fsp3) is 0.629. The molecule has 1 aliphatic carbocycles. The maximum atomic E-state index is 13.9. The van der Waals surface area contributed by atoms with Crippen LogP contribution in [0.3, 0.4) is 0 Å². The maximum absolute atomic E-state index is 13.9. The molecule has 43 heavy (non-hydrogen) atoms. The van der Waals surface area contributed by atoms with E-state index in [0.717, 1.165) is 48.4 Å². The van der Waals surface area contributed by atoms with Crippen LogP contribution in [0, 0.1) is 11.8 Å². The summed E-state index contributed by atoms with van der Waals surface area (Å²) >= 11 is 0. The summed E-state index contributed by atoms with van der Waals surface area (Å²) < 4.78 is 0. The number of fused-ring (bicyclic) bond motifs is 1. The fourth-order valence-electron chi connectivity index (χ4n) is 6.35. The molecule has 1 aliphatic rings. The number of nitrogens with one attached hydrogen (secondary N) is 2. The quantitative estimate of drug-likeness (QED) is 0.252. The van der Waals surface area contributed by atoms with Crippen molar-refractivity contribution in [2.45, 2.75) is 129 Å². The number of nitrogens with zero attached hydrogens (tertiary/aromatic N) is 1. The van der Waals surface area contributed by atoms with Gasteiger partial charge in [0.15, 0.2) is 0 Å². The van der Waals surface area contributed by atoms with Crippen molar-refractivity contribution < 1.29 is 24.6 Å². The van der Waals surface area contributed by atoms with Crippen molar-refractivity contribution in [3.63, 3.8) is 0 Å². The van der Waals surface area contributed by atoms with Crippen LogP contribution < -0.4 is 10.6 Å². The fourth-order valence-corrected chi connectivity index (χ4v) is 6.35. The second-order valence-electron chi connectivity index (χ2n) is 13.0. The van der Waals surface area contributed by atoms with E-state index in [4.69, 9.17) is 0 Å². The van der Waals surface area contributed by atoms with E-state index in [2.05, 4.69) is 10.6 Å². The van der Waals surface area contributed by atoms with Gasteiger partial charge in [-0.2, -0.15) is 0 Å². The van der Waals surface area contributed by atoms with E-state index in [0.29, 0.717) is 19.3 Å². The number of carbonyl (C=O) groups excluding carboxylic acids is 3. The van der Waals surface area contributed by atoms with Gasteiger partial charge in [-0.05, 0) is 60.8 Å². The van der Waals surface area contributed by atoms with E-state index in [9.17, 15) is 24.6 Å². The number of hydrogen-bond acceptors (Lipinski definition) is 5. The summed E-state index contributed by atoms with van der Waals surface area (Å²) in [5, 5.41) is 30.2. The highest BCUT2D eigenvalue weighted by molar-refractivity contribution is 5.92.